The zero-order valence-corrected chi connectivity index (χ0v) is 8.97. The number of carbonyl (C=O) groups is 2. The molecular weight excluding hydrogens is 204 g/mol. The molecule has 1 amide bonds. The average molecular weight is 220 g/mol. The highest BCUT2D eigenvalue weighted by Gasteiger charge is 2.16. The Morgan fingerprint density at radius 1 is 1.57 bits per heavy atom. The summed E-state index contributed by atoms with van der Waals surface area (Å²) in [5.41, 5.74) is 5.24. The number of thioether (sulfide) groups is 1. The number of nitrogens with two attached hydrogens (primary N) is 1. The third kappa shape index (κ3) is 5.82. The number of nitrogens with one attached hydrogen (secondary N) is 1. The van der Waals surface area contributed by atoms with Crippen LogP contribution in [0, 0.1) is 0 Å². The summed E-state index contributed by atoms with van der Waals surface area (Å²) in [4.78, 5) is 21.7. The normalized spacial score (nSPS) is 12.1. The van der Waals surface area contributed by atoms with Gasteiger partial charge in [0.15, 0.2) is 0 Å². The first kappa shape index (κ1) is 13.2. The Bertz CT molecular complexity index is 199. The number of hydrogen-bond acceptors (Lipinski definition) is 4. The maximum atomic E-state index is 11.2. The SMILES string of the molecule is CCC(NC(=O)CSCCN)C(=O)O. The minimum Gasteiger partial charge on any atom is -0.480 e. The van der Waals surface area contributed by atoms with Crippen molar-refractivity contribution < 1.29 is 14.7 Å². The molecule has 0 saturated carbocycles. The molecule has 1 atom stereocenters. The lowest BCUT2D eigenvalue weighted by molar-refractivity contribution is -0.141. The Kier molecular flexibility index (Phi) is 7.23. The van der Waals surface area contributed by atoms with Gasteiger partial charge in [-0.3, -0.25) is 4.79 Å². The van der Waals surface area contributed by atoms with Gasteiger partial charge in [0.2, 0.25) is 5.91 Å². The Balaban J connectivity index is 3.74. The van der Waals surface area contributed by atoms with E-state index in [1.807, 2.05) is 0 Å². The third-order valence-electron chi connectivity index (χ3n) is 1.54. The molecule has 0 bridgehead atoms. The van der Waals surface area contributed by atoms with Gasteiger partial charge in [0.05, 0.1) is 5.75 Å². The zero-order chi connectivity index (χ0) is 11.0. The standard InChI is InChI=1S/C8H16N2O3S/c1-2-6(8(12)13)10-7(11)5-14-4-3-9/h6H,2-5,9H2,1H3,(H,10,11)(H,12,13). The van der Waals surface area contributed by atoms with Crippen LogP contribution in [0.25, 0.3) is 0 Å². The van der Waals surface area contributed by atoms with Crippen molar-refractivity contribution in [2.75, 3.05) is 18.1 Å². The molecule has 5 nitrogen and oxygen atoms in total. The van der Waals surface area contributed by atoms with Crippen LogP contribution in [0.4, 0.5) is 0 Å². The van der Waals surface area contributed by atoms with Gasteiger partial charge in [-0.2, -0.15) is 11.8 Å². The smallest absolute Gasteiger partial charge is 0.326 e. The summed E-state index contributed by atoms with van der Waals surface area (Å²) < 4.78 is 0. The summed E-state index contributed by atoms with van der Waals surface area (Å²) in [5, 5.41) is 11.1. The molecule has 0 saturated heterocycles. The Morgan fingerprint density at radius 2 is 2.21 bits per heavy atom. The van der Waals surface area contributed by atoms with Crippen LogP contribution < -0.4 is 11.1 Å². The van der Waals surface area contributed by atoms with E-state index in [0.717, 1.165) is 0 Å². The van der Waals surface area contributed by atoms with Crippen molar-refractivity contribution >= 4 is 23.6 Å². The largest absolute Gasteiger partial charge is 0.480 e. The second kappa shape index (κ2) is 7.64. The van der Waals surface area contributed by atoms with Gasteiger partial charge in [0, 0.05) is 12.3 Å². The molecule has 1 unspecified atom stereocenters. The second-order valence-electron chi connectivity index (χ2n) is 2.71. The summed E-state index contributed by atoms with van der Waals surface area (Å²) in [7, 11) is 0. The molecule has 82 valence electrons. The molecule has 0 rings (SSSR count). The average Bonchev–Trinajstić information content (AvgIpc) is 2.14. The van der Waals surface area contributed by atoms with Crippen molar-refractivity contribution in [2.45, 2.75) is 19.4 Å². The summed E-state index contributed by atoms with van der Waals surface area (Å²) >= 11 is 1.40. The fraction of sp³-hybridized carbons (Fsp3) is 0.750. The minimum absolute atomic E-state index is 0.252. The van der Waals surface area contributed by atoms with Crippen LogP contribution in [0.2, 0.25) is 0 Å². The van der Waals surface area contributed by atoms with Crippen LogP contribution in [-0.4, -0.2) is 41.1 Å². The van der Waals surface area contributed by atoms with E-state index < -0.39 is 12.0 Å². The molecule has 0 radical (unpaired) electrons. The van der Waals surface area contributed by atoms with Gasteiger partial charge in [-0.25, -0.2) is 4.79 Å². The maximum absolute atomic E-state index is 11.2. The van der Waals surface area contributed by atoms with Gasteiger partial charge in [-0.1, -0.05) is 6.92 Å². The predicted octanol–water partition coefficient (Wildman–Crippen LogP) is -0.342. The zero-order valence-electron chi connectivity index (χ0n) is 8.16. The van der Waals surface area contributed by atoms with Gasteiger partial charge in [-0.05, 0) is 6.42 Å². The monoisotopic (exact) mass is 220 g/mol. The molecule has 0 aliphatic rings. The maximum Gasteiger partial charge on any atom is 0.326 e. The minimum atomic E-state index is -0.996. The van der Waals surface area contributed by atoms with Crippen molar-refractivity contribution in [1.82, 2.24) is 5.32 Å². The molecule has 0 heterocycles. The molecule has 6 heteroatoms. The highest BCUT2D eigenvalue weighted by atomic mass is 32.2. The topological polar surface area (TPSA) is 92.4 Å². The van der Waals surface area contributed by atoms with Crippen LogP contribution >= 0.6 is 11.8 Å². The van der Waals surface area contributed by atoms with Crippen molar-refractivity contribution in [3.05, 3.63) is 0 Å². The fourth-order valence-corrected chi connectivity index (χ4v) is 1.40. The van der Waals surface area contributed by atoms with E-state index in [1.165, 1.54) is 11.8 Å². The van der Waals surface area contributed by atoms with E-state index in [1.54, 1.807) is 6.92 Å². The van der Waals surface area contributed by atoms with Crippen LogP contribution in [0.5, 0.6) is 0 Å². The lowest BCUT2D eigenvalue weighted by Gasteiger charge is -2.11. The highest BCUT2D eigenvalue weighted by molar-refractivity contribution is 7.99. The molecule has 0 spiro atoms. The number of amides is 1. The van der Waals surface area contributed by atoms with Gasteiger partial charge in [0.1, 0.15) is 6.04 Å². The molecule has 0 aromatic rings. The van der Waals surface area contributed by atoms with Crippen LogP contribution in [0.1, 0.15) is 13.3 Å². The van der Waals surface area contributed by atoms with Crippen molar-refractivity contribution in [3.63, 3.8) is 0 Å². The molecule has 0 aromatic carbocycles. The van der Waals surface area contributed by atoms with Crippen LogP contribution in [0.15, 0.2) is 0 Å². The Morgan fingerprint density at radius 3 is 2.64 bits per heavy atom. The van der Waals surface area contributed by atoms with E-state index in [9.17, 15) is 9.59 Å². The van der Waals surface area contributed by atoms with Crippen LogP contribution in [0.3, 0.4) is 0 Å². The van der Waals surface area contributed by atoms with E-state index >= 15 is 0 Å². The van der Waals surface area contributed by atoms with E-state index in [0.29, 0.717) is 18.7 Å². The molecule has 0 aliphatic heterocycles. The first-order valence-electron chi connectivity index (χ1n) is 4.41. The molecule has 0 aromatic heterocycles. The molecule has 0 aliphatic carbocycles. The van der Waals surface area contributed by atoms with E-state index in [-0.39, 0.29) is 11.7 Å². The van der Waals surface area contributed by atoms with Crippen molar-refractivity contribution in [3.8, 4) is 0 Å². The number of carbonyl (C=O) groups excluding carboxylic acids is 1. The summed E-state index contributed by atoms with van der Waals surface area (Å²) in [6, 6.07) is -0.777. The summed E-state index contributed by atoms with van der Waals surface area (Å²) in [5.74, 6) is -0.277. The fourth-order valence-electron chi connectivity index (χ4n) is 0.823. The summed E-state index contributed by atoms with van der Waals surface area (Å²) in [6.45, 7) is 2.24. The van der Waals surface area contributed by atoms with Gasteiger partial charge in [0.25, 0.3) is 0 Å². The first-order chi connectivity index (χ1) is 6.61. The molecule has 0 fully saturated rings. The molecule has 14 heavy (non-hydrogen) atoms. The number of carboxylic acids is 1. The number of aliphatic carboxylic acids is 1. The number of rotatable bonds is 7. The van der Waals surface area contributed by atoms with Gasteiger partial charge >= 0.3 is 5.97 Å². The van der Waals surface area contributed by atoms with E-state index in [2.05, 4.69) is 5.32 Å². The van der Waals surface area contributed by atoms with Gasteiger partial charge < -0.3 is 16.2 Å². The third-order valence-corrected chi connectivity index (χ3v) is 2.53. The summed E-state index contributed by atoms with van der Waals surface area (Å²) in [6.07, 6.45) is 0.391. The second-order valence-corrected chi connectivity index (χ2v) is 3.81. The van der Waals surface area contributed by atoms with Crippen LogP contribution in [-0.2, 0) is 9.59 Å². The number of hydrogen-bond donors (Lipinski definition) is 3. The predicted molar refractivity (Wildman–Crippen MR) is 56.2 cm³/mol. The van der Waals surface area contributed by atoms with Crippen molar-refractivity contribution in [1.29, 1.82) is 0 Å². The molecule has 4 N–H and O–H groups in total. The lowest BCUT2D eigenvalue weighted by atomic mass is 10.2. The first-order valence-corrected chi connectivity index (χ1v) is 5.57. The van der Waals surface area contributed by atoms with Crippen molar-refractivity contribution in [2.24, 2.45) is 5.73 Å². The Labute approximate surface area is 87.4 Å². The van der Waals surface area contributed by atoms with E-state index in [4.69, 9.17) is 10.8 Å². The lowest BCUT2D eigenvalue weighted by Crippen LogP contribution is -2.41. The quantitative estimate of drug-likeness (QED) is 0.510. The Hall–Kier alpha value is -0.750. The number of carboxylic acid groups (broad SMARTS) is 1. The van der Waals surface area contributed by atoms with Gasteiger partial charge in [-0.15, -0.1) is 0 Å². The molecular formula is C8H16N2O3S. The highest BCUT2D eigenvalue weighted by Crippen LogP contribution is 1.98.